The van der Waals surface area contributed by atoms with E-state index in [-0.39, 0.29) is 25.4 Å². The van der Waals surface area contributed by atoms with Crippen LogP contribution in [0.5, 0.6) is 0 Å². The van der Waals surface area contributed by atoms with Crippen LogP contribution in [0.3, 0.4) is 0 Å². The van der Waals surface area contributed by atoms with Crippen molar-refractivity contribution in [2.45, 2.75) is 33.3 Å². The highest BCUT2D eigenvalue weighted by Gasteiger charge is 2.17. The zero-order valence-corrected chi connectivity index (χ0v) is 12.4. The first-order chi connectivity index (χ1) is 8.94. The number of nitrogens with zero attached hydrogens (tertiary/aromatic N) is 2. The molecule has 0 aliphatic rings. The number of hydrogen-bond acceptors (Lipinski definition) is 5. The Hall–Kier alpha value is -1.14. The topological polar surface area (TPSA) is 70.1 Å². The molecule has 1 unspecified atom stereocenters. The average molecular weight is 274 g/mol. The number of carbonyl (C=O) groups excluding carboxylic acids is 2. The number of amides is 1. The molecular weight excluding hydrogens is 248 g/mol. The molecule has 0 aliphatic carbocycles. The van der Waals surface area contributed by atoms with E-state index in [1.54, 1.807) is 23.8 Å². The molecule has 6 heteroatoms. The number of esters is 1. The zero-order chi connectivity index (χ0) is 14.8. The zero-order valence-electron chi connectivity index (χ0n) is 12.4. The van der Waals surface area contributed by atoms with Gasteiger partial charge in [-0.2, -0.15) is 0 Å². The fourth-order valence-electron chi connectivity index (χ4n) is 1.81. The number of aliphatic hydroxyl groups excluding tert-OH is 1. The number of likely N-dealkylation sites (N-methyl/N-ethyl adjacent to an activating group) is 2. The van der Waals surface area contributed by atoms with E-state index in [0.29, 0.717) is 19.7 Å². The number of ether oxygens (including phenoxy) is 1. The Bertz CT molecular complexity index is 280. The molecule has 0 aliphatic heterocycles. The highest BCUT2D eigenvalue weighted by Crippen LogP contribution is 1.99. The van der Waals surface area contributed by atoms with Gasteiger partial charge in [-0.1, -0.05) is 0 Å². The molecule has 1 N–H and O–H groups in total. The summed E-state index contributed by atoms with van der Waals surface area (Å²) in [4.78, 5) is 26.5. The van der Waals surface area contributed by atoms with Crippen molar-refractivity contribution < 1.29 is 19.4 Å². The molecule has 0 aromatic heterocycles. The Morgan fingerprint density at radius 1 is 1.21 bits per heavy atom. The predicted octanol–water partition coefficient (Wildman–Crippen LogP) is 0.101. The number of rotatable bonds is 9. The summed E-state index contributed by atoms with van der Waals surface area (Å²) >= 11 is 0. The Labute approximate surface area is 115 Å². The molecule has 0 saturated heterocycles. The van der Waals surface area contributed by atoms with Gasteiger partial charge in [-0.15, -0.1) is 0 Å². The number of hydrogen-bond donors (Lipinski definition) is 1. The molecule has 19 heavy (non-hydrogen) atoms. The van der Waals surface area contributed by atoms with Crippen LogP contribution in [0, 0.1) is 0 Å². The van der Waals surface area contributed by atoms with Crippen LogP contribution in [0.25, 0.3) is 0 Å². The lowest BCUT2D eigenvalue weighted by Crippen LogP contribution is -2.41. The summed E-state index contributed by atoms with van der Waals surface area (Å²) in [5, 5.41) is 9.72. The predicted molar refractivity (Wildman–Crippen MR) is 72.7 cm³/mol. The summed E-state index contributed by atoms with van der Waals surface area (Å²) < 4.78 is 4.76. The summed E-state index contributed by atoms with van der Waals surface area (Å²) in [6.45, 7) is 7.74. The molecule has 0 saturated carbocycles. The van der Waals surface area contributed by atoms with Gasteiger partial charge in [0.2, 0.25) is 5.91 Å². The first-order valence-corrected chi connectivity index (χ1v) is 6.74. The van der Waals surface area contributed by atoms with Crippen LogP contribution in [-0.4, -0.2) is 72.7 Å². The van der Waals surface area contributed by atoms with Crippen molar-refractivity contribution in [1.29, 1.82) is 0 Å². The number of carbonyl (C=O) groups is 2. The van der Waals surface area contributed by atoms with Gasteiger partial charge >= 0.3 is 5.97 Å². The quantitative estimate of drug-likeness (QED) is 0.604. The summed E-state index contributed by atoms with van der Waals surface area (Å²) in [6, 6.07) is 0. The van der Waals surface area contributed by atoms with Crippen molar-refractivity contribution in [1.82, 2.24) is 9.80 Å². The van der Waals surface area contributed by atoms with Crippen LogP contribution in [0.15, 0.2) is 0 Å². The molecule has 0 spiro atoms. The lowest BCUT2D eigenvalue weighted by atomic mass is 10.2. The van der Waals surface area contributed by atoms with Crippen LogP contribution < -0.4 is 0 Å². The third-order valence-electron chi connectivity index (χ3n) is 2.75. The minimum absolute atomic E-state index is 0.0239. The summed E-state index contributed by atoms with van der Waals surface area (Å²) in [5.74, 6) is -0.394. The monoisotopic (exact) mass is 274 g/mol. The lowest BCUT2D eigenvalue weighted by molar-refractivity contribution is -0.145. The minimum atomic E-state index is -0.812. The van der Waals surface area contributed by atoms with Crippen molar-refractivity contribution in [3.05, 3.63) is 0 Å². The Kier molecular flexibility index (Phi) is 9.16. The average Bonchev–Trinajstić information content (AvgIpc) is 2.29. The van der Waals surface area contributed by atoms with E-state index < -0.39 is 12.1 Å². The van der Waals surface area contributed by atoms with E-state index in [9.17, 15) is 14.7 Å². The summed E-state index contributed by atoms with van der Waals surface area (Å²) in [5.41, 5.74) is 0. The van der Waals surface area contributed by atoms with Gasteiger partial charge in [0.05, 0.1) is 25.7 Å². The largest absolute Gasteiger partial charge is 0.466 e. The first kappa shape index (κ1) is 17.9. The van der Waals surface area contributed by atoms with Gasteiger partial charge in [-0.05, 0) is 27.8 Å². The number of aliphatic hydroxyl groups is 1. The molecule has 0 heterocycles. The van der Waals surface area contributed by atoms with Gasteiger partial charge in [-0.25, -0.2) is 0 Å². The van der Waals surface area contributed by atoms with Crippen LogP contribution in [-0.2, 0) is 14.3 Å². The third-order valence-corrected chi connectivity index (χ3v) is 2.75. The van der Waals surface area contributed by atoms with Gasteiger partial charge in [0, 0.05) is 19.6 Å². The van der Waals surface area contributed by atoms with Gasteiger partial charge in [0.15, 0.2) is 0 Å². The Morgan fingerprint density at radius 2 is 1.79 bits per heavy atom. The van der Waals surface area contributed by atoms with Gasteiger partial charge in [0.25, 0.3) is 0 Å². The SMILES string of the molecule is CCOC(=O)CC(O)CN(C)CC(=O)N(CC)CC. The van der Waals surface area contributed by atoms with E-state index in [1.165, 1.54) is 0 Å². The molecular formula is C13H26N2O4. The normalized spacial score (nSPS) is 12.3. The molecule has 6 nitrogen and oxygen atoms in total. The highest BCUT2D eigenvalue weighted by atomic mass is 16.5. The molecule has 1 atom stereocenters. The van der Waals surface area contributed by atoms with Gasteiger partial charge in [0.1, 0.15) is 0 Å². The molecule has 0 aromatic carbocycles. The van der Waals surface area contributed by atoms with Crippen molar-refractivity contribution >= 4 is 11.9 Å². The van der Waals surface area contributed by atoms with Crippen LogP contribution >= 0.6 is 0 Å². The smallest absolute Gasteiger partial charge is 0.308 e. The van der Waals surface area contributed by atoms with Crippen LogP contribution in [0.2, 0.25) is 0 Å². The second-order valence-corrected chi connectivity index (χ2v) is 4.43. The van der Waals surface area contributed by atoms with E-state index in [2.05, 4.69) is 0 Å². The van der Waals surface area contributed by atoms with E-state index >= 15 is 0 Å². The van der Waals surface area contributed by atoms with E-state index in [1.807, 2.05) is 13.8 Å². The lowest BCUT2D eigenvalue weighted by Gasteiger charge is -2.24. The summed E-state index contributed by atoms with van der Waals surface area (Å²) in [7, 11) is 1.75. The maximum absolute atomic E-state index is 11.8. The Morgan fingerprint density at radius 3 is 2.26 bits per heavy atom. The molecule has 112 valence electrons. The van der Waals surface area contributed by atoms with Gasteiger partial charge in [-0.3, -0.25) is 14.5 Å². The standard InChI is InChI=1S/C13H26N2O4/c1-5-15(6-2)12(17)10-14(4)9-11(16)8-13(18)19-7-3/h11,16H,5-10H2,1-4H3. The maximum Gasteiger partial charge on any atom is 0.308 e. The second-order valence-electron chi connectivity index (χ2n) is 4.43. The van der Waals surface area contributed by atoms with Crippen LogP contribution in [0.4, 0.5) is 0 Å². The van der Waals surface area contributed by atoms with Crippen LogP contribution in [0.1, 0.15) is 27.2 Å². The van der Waals surface area contributed by atoms with E-state index in [4.69, 9.17) is 4.74 Å². The molecule has 0 bridgehead atoms. The van der Waals surface area contributed by atoms with E-state index in [0.717, 1.165) is 0 Å². The minimum Gasteiger partial charge on any atom is -0.466 e. The van der Waals surface area contributed by atoms with Crippen molar-refractivity contribution in [3.63, 3.8) is 0 Å². The van der Waals surface area contributed by atoms with Crippen molar-refractivity contribution in [2.24, 2.45) is 0 Å². The second kappa shape index (κ2) is 9.75. The van der Waals surface area contributed by atoms with Crippen molar-refractivity contribution in [3.8, 4) is 0 Å². The van der Waals surface area contributed by atoms with Crippen molar-refractivity contribution in [2.75, 3.05) is 39.8 Å². The molecule has 0 fully saturated rings. The fourth-order valence-corrected chi connectivity index (χ4v) is 1.81. The Balaban J connectivity index is 4.05. The maximum atomic E-state index is 11.8. The molecule has 0 radical (unpaired) electrons. The highest BCUT2D eigenvalue weighted by molar-refractivity contribution is 5.78. The molecule has 1 amide bonds. The first-order valence-electron chi connectivity index (χ1n) is 6.74. The molecule has 0 rings (SSSR count). The fraction of sp³-hybridized carbons (Fsp3) is 0.846. The third kappa shape index (κ3) is 7.79. The summed E-state index contributed by atoms with van der Waals surface area (Å²) in [6.07, 6.45) is -0.856. The molecule has 0 aromatic rings. The van der Waals surface area contributed by atoms with Gasteiger partial charge < -0.3 is 14.7 Å².